The average Bonchev–Trinajstić information content (AvgIpc) is 2.83. The molecule has 0 aliphatic carbocycles. The van der Waals surface area contributed by atoms with Gasteiger partial charge in [0.2, 0.25) is 0 Å². The van der Waals surface area contributed by atoms with Gasteiger partial charge in [-0.05, 0) is 6.92 Å². The molecule has 1 aromatic heterocycles. The molecule has 0 bridgehead atoms. The van der Waals surface area contributed by atoms with E-state index < -0.39 is 12.0 Å². The topological polar surface area (TPSA) is 84.5 Å². The van der Waals surface area contributed by atoms with Crippen molar-refractivity contribution in [1.82, 2.24) is 15.1 Å². The Morgan fingerprint density at radius 3 is 3.00 bits per heavy atom. The number of aryl methyl sites for hydroxylation is 1. The van der Waals surface area contributed by atoms with Crippen molar-refractivity contribution in [2.75, 3.05) is 26.9 Å². The number of rotatable bonds is 2. The van der Waals surface area contributed by atoms with Crippen LogP contribution >= 0.6 is 0 Å². The quantitative estimate of drug-likeness (QED) is 0.733. The fourth-order valence-electron chi connectivity index (χ4n) is 1.90. The van der Waals surface area contributed by atoms with Crippen molar-refractivity contribution in [1.29, 1.82) is 0 Å². The lowest BCUT2D eigenvalue weighted by Crippen LogP contribution is -2.53. The molecule has 2 rings (SSSR count). The van der Waals surface area contributed by atoms with Gasteiger partial charge in [0.25, 0.3) is 5.91 Å². The van der Waals surface area contributed by atoms with Crippen molar-refractivity contribution in [2.45, 2.75) is 13.0 Å². The standard InChI is InChI=1S/C11H15N3O4/c1-7-8(5-12-13-7)10(15)14-3-4-18-6-9(14)11(16)17-2/h5,9H,3-4,6H2,1-2H3,(H,12,13). The van der Waals surface area contributed by atoms with Crippen molar-refractivity contribution >= 4 is 11.9 Å². The van der Waals surface area contributed by atoms with Crippen LogP contribution in [0.4, 0.5) is 0 Å². The monoisotopic (exact) mass is 253 g/mol. The number of carbonyl (C=O) groups is 2. The Kier molecular flexibility index (Phi) is 3.61. The molecule has 98 valence electrons. The number of aromatic amines is 1. The molecule has 1 aromatic rings. The second-order valence-electron chi connectivity index (χ2n) is 4.02. The van der Waals surface area contributed by atoms with Crippen LogP contribution in [0.1, 0.15) is 16.1 Å². The Morgan fingerprint density at radius 1 is 1.61 bits per heavy atom. The van der Waals surface area contributed by atoms with E-state index in [9.17, 15) is 9.59 Å². The molecule has 7 nitrogen and oxygen atoms in total. The zero-order valence-corrected chi connectivity index (χ0v) is 10.3. The summed E-state index contributed by atoms with van der Waals surface area (Å²) in [5.41, 5.74) is 1.14. The summed E-state index contributed by atoms with van der Waals surface area (Å²) in [4.78, 5) is 25.4. The van der Waals surface area contributed by atoms with Crippen molar-refractivity contribution in [3.05, 3.63) is 17.5 Å². The number of H-pyrrole nitrogens is 1. The molecule has 1 amide bonds. The summed E-state index contributed by atoms with van der Waals surface area (Å²) in [6.45, 7) is 2.70. The molecule has 0 saturated carbocycles. The second-order valence-corrected chi connectivity index (χ2v) is 4.02. The number of nitrogens with one attached hydrogen (secondary N) is 1. The van der Waals surface area contributed by atoms with E-state index in [1.807, 2.05) is 0 Å². The Bertz CT molecular complexity index is 457. The molecule has 0 spiro atoms. The van der Waals surface area contributed by atoms with Crippen LogP contribution in [0.25, 0.3) is 0 Å². The highest BCUT2D eigenvalue weighted by molar-refractivity contribution is 5.97. The first-order chi connectivity index (χ1) is 8.65. The van der Waals surface area contributed by atoms with Crippen LogP contribution in [0.2, 0.25) is 0 Å². The van der Waals surface area contributed by atoms with Gasteiger partial charge in [-0.25, -0.2) is 4.79 Å². The molecule has 1 atom stereocenters. The number of carbonyl (C=O) groups excluding carboxylic acids is 2. The van der Waals surface area contributed by atoms with Gasteiger partial charge >= 0.3 is 5.97 Å². The minimum Gasteiger partial charge on any atom is -0.467 e. The number of hydrogen-bond donors (Lipinski definition) is 1. The van der Waals surface area contributed by atoms with Crippen molar-refractivity contribution in [3.8, 4) is 0 Å². The Balaban J connectivity index is 2.21. The zero-order valence-electron chi connectivity index (χ0n) is 10.3. The smallest absolute Gasteiger partial charge is 0.331 e. The van der Waals surface area contributed by atoms with Crippen molar-refractivity contribution < 1.29 is 19.1 Å². The third-order valence-corrected chi connectivity index (χ3v) is 2.92. The number of aromatic nitrogens is 2. The fourth-order valence-corrected chi connectivity index (χ4v) is 1.90. The Morgan fingerprint density at radius 2 is 2.39 bits per heavy atom. The number of amides is 1. The first-order valence-electron chi connectivity index (χ1n) is 5.61. The first kappa shape index (κ1) is 12.6. The van der Waals surface area contributed by atoms with Crippen molar-refractivity contribution in [3.63, 3.8) is 0 Å². The van der Waals surface area contributed by atoms with Gasteiger partial charge in [0.1, 0.15) is 0 Å². The lowest BCUT2D eigenvalue weighted by Gasteiger charge is -2.33. The number of nitrogens with zero attached hydrogens (tertiary/aromatic N) is 2. The molecule has 18 heavy (non-hydrogen) atoms. The van der Waals surface area contributed by atoms with E-state index in [2.05, 4.69) is 14.9 Å². The average molecular weight is 253 g/mol. The molecular formula is C11H15N3O4. The first-order valence-corrected chi connectivity index (χ1v) is 5.61. The number of esters is 1. The van der Waals surface area contributed by atoms with E-state index >= 15 is 0 Å². The fraction of sp³-hybridized carbons (Fsp3) is 0.545. The maximum atomic E-state index is 12.3. The predicted molar refractivity (Wildman–Crippen MR) is 61.0 cm³/mol. The second kappa shape index (κ2) is 5.18. The van der Waals surface area contributed by atoms with Crippen LogP contribution in [-0.4, -0.2) is 59.9 Å². The molecule has 0 radical (unpaired) electrons. The number of morpholine rings is 1. The van der Waals surface area contributed by atoms with E-state index in [1.165, 1.54) is 18.2 Å². The highest BCUT2D eigenvalue weighted by atomic mass is 16.5. The SMILES string of the molecule is COC(=O)C1COCCN1C(=O)c1cn[nH]c1C. The molecule has 1 fully saturated rings. The summed E-state index contributed by atoms with van der Waals surface area (Å²) in [6, 6.07) is -0.689. The summed E-state index contributed by atoms with van der Waals surface area (Å²) in [6.07, 6.45) is 1.46. The van der Waals surface area contributed by atoms with E-state index in [4.69, 9.17) is 4.74 Å². The Labute approximate surface area is 104 Å². The summed E-state index contributed by atoms with van der Waals surface area (Å²) < 4.78 is 9.90. The third kappa shape index (κ3) is 2.21. The third-order valence-electron chi connectivity index (χ3n) is 2.92. The van der Waals surface area contributed by atoms with E-state index in [-0.39, 0.29) is 12.5 Å². The summed E-state index contributed by atoms with van der Waals surface area (Å²) in [7, 11) is 1.29. The van der Waals surface area contributed by atoms with Crippen LogP contribution < -0.4 is 0 Å². The molecule has 1 unspecified atom stereocenters. The lowest BCUT2D eigenvalue weighted by molar-refractivity contribution is -0.151. The van der Waals surface area contributed by atoms with Crippen LogP contribution in [0.3, 0.4) is 0 Å². The Hall–Kier alpha value is -1.89. The van der Waals surface area contributed by atoms with Crippen LogP contribution in [0.15, 0.2) is 6.20 Å². The highest BCUT2D eigenvalue weighted by Gasteiger charge is 2.34. The number of methoxy groups -OCH3 is 1. The molecule has 7 heteroatoms. The molecule has 2 heterocycles. The van der Waals surface area contributed by atoms with E-state index in [0.717, 1.165) is 0 Å². The molecule has 0 aromatic carbocycles. The zero-order chi connectivity index (χ0) is 13.1. The van der Waals surface area contributed by atoms with Crippen molar-refractivity contribution in [2.24, 2.45) is 0 Å². The maximum absolute atomic E-state index is 12.3. The van der Waals surface area contributed by atoms with E-state index in [1.54, 1.807) is 6.92 Å². The van der Waals surface area contributed by atoms with Crippen LogP contribution in [0, 0.1) is 6.92 Å². The molecule has 1 aliphatic heterocycles. The van der Waals surface area contributed by atoms with Gasteiger partial charge in [-0.1, -0.05) is 0 Å². The summed E-state index contributed by atoms with van der Waals surface area (Å²) in [5.74, 6) is -0.704. The predicted octanol–water partition coefficient (Wildman–Crippen LogP) is -0.268. The van der Waals surface area contributed by atoms with E-state index in [0.29, 0.717) is 24.4 Å². The van der Waals surface area contributed by atoms with Gasteiger partial charge in [0.05, 0.1) is 32.1 Å². The molecule has 1 N–H and O–H groups in total. The lowest BCUT2D eigenvalue weighted by atomic mass is 10.1. The summed E-state index contributed by atoms with van der Waals surface area (Å²) >= 11 is 0. The normalized spacial score (nSPS) is 19.7. The van der Waals surface area contributed by atoms with Crippen LogP contribution in [-0.2, 0) is 14.3 Å². The van der Waals surface area contributed by atoms with Gasteiger partial charge in [-0.3, -0.25) is 9.89 Å². The van der Waals surface area contributed by atoms with Crippen LogP contribution in [0.5, 0.6) is 0 Å². The number of ether oxygens (including phenoxy) is 2. The van der Waals surface area contributed by atoms with Gasteiger partial charge in [0.15, 0.2) is 6.04 Å². The summed E-state index contributed by atoms with van der Waals surface area (Å²) in [5, 5.41) is 6.51. The molecule has 1 saturated heterocycles. The maximum Gasteiger partial charge on any atom is 0.331 e. The van der Waals surface area contributed by atoms with Gasteiger partial charge < -0.3 is 14.4 Å². The largest absolute Gasteiger partial charge is 0.467 e. The minimum absolute atomic E-state index is 0.162. The van der Waals surface area contributed by atoms with Gasteiger partial charge in [-0.2, -0.15) is 5.10 Å². The molecule has 1 aliphatic rings. The van der Waals surface area contributed by atoms with Gasteiger partial charge in [-0.15, -0.1) is 0 Å². The minimum atomic E-state index is -0.689. The van der Waals surface area contributed by atoms with Gasteiger partial charge in [0, 0.05) is 12.2 Å². The number of hydrogen-bond acceptors (Lipinski definition) is 5. The molecular weight excluding hydrogens is 238 g/mol. The highest BCUT2D eigenvalue weighted by Crippen LogP contribution is 2.14.